The highest BCUT2D eigenvalue weighted by atomic mass is 32.2. The minimum absolute atomic E-state index is 0.0927. The summed E-state index contributed by atoms with van der Waals surface area (Å²) in [5, 5.41) is 4.50. The SMILES string of the molecule is CCc1cc(CCC2(C3CCCC3)CC(=O)C(Cc3nc4nc(C)cc(C)n4n3)C(=O)O2)ccc1N(C)S(C)(=O)=O. The molecule has 5 rings (SSSR count). The van der Waals surface area contributed by atoms with Crippen molar-refractivity contribution >= 4 is 33.2 Å². The van der Waals surface area contributed by atoms with Crippen LogP contribution in [0.4, 0.5) is 5.69 Å². The van der Waals surface area contributed by atoms with Crippen LogP contribution in [0.15, 0.2) is 24.3 Å². The number of benzene rings is 1. The molecule has 220 valence electrons. The fourth-order valence-electron chi connectivity index (χ4n) is 6.47. The Morgan fingerprint density at radius 3 is 2.51 bits per heavy atom. The first kappa shape index (κ1) is 29.2. The molecular formula is C30H39N5O5S. The van der Waals surface area contributed by atoms with Gasteiger partial charge < -0.3 is 4.74 Å². The molecule has 0 N–H and O–H groups in total. The van der Waals surface area contributed by atoms with Crippen LogP contribution in [-0.2, 0) is 43.6 Å². The van der Waals surface area contributed by atoms with Gasteiger partial charge in [-0.25, -0.2) is 17.9 Å². The third-order valence-corrected chi connectivity index (χ3v) is 9.99. The van der Waals surface area contributed by atoms with Crippen molar-refractivity contribution in [2.75, 3.05) is 17.6 Å². The normalized spacial score (nSPS) is 21.9. The number of sulfonamides is 1. The number of esters is 1. The van der Waals surface area contributed by atoms with E-state index in [1.807, 2.05) is 45.0 Å². The van der Waals surface area contributed by atoms with E-state index >= 15 is 0 Å². The Bertz CT molecular complexity index is 1570. The Labute approximate surface area is 241 Å². The number of nitrogens with zero attached hydrogens (tertiary/aromatic N) is 5. The van der Waals surface area contributed by atoms with Gasteiger partial charge in [-0.15, -0.1) is 5.10 Å². The second kappa shape index (κ2) is 11.2. The standard InChI is InChI=1S/C30H39N5O5S/c1-6-22-16-21(11-12-25(22)34(4)41(5,38)39)13-14-30(23-9-7-8-10-23)18-26(36)24(28(37)40-30)17-27-32-29-31-19(2)15-20(3)35(29)33-27/h11-12,15-16,23-24H,6-10,13-14,17-18H2,1-5H3. The summed E-state index contributed by atoms with van der Waals surface area (Å²) in [6, 6.07) is 7.70. The van der Waals surface area contributed by atoms with Crippen LogP contribution in [-0.4, -0.2) is 58.7 Å². The number of cyclic esters (lactones) is 1. The van der Waals surface area contributed by atoms with Crippen molar-refractivity contribution in [1.82, 2.24) is 19.6 Å². The predicted molar refractivity (Wildman–Crippen MR) is 155 cm³/mol. The van der Waals surface area contributed by atoms with E-state index in [4.69, 9.17) is 4.74 Å². The van der Waals surface area contributed by atoms with Gasteiger partial charge in [0.15, 0.2) is 11.6 Å². The maximum Gasteiger partial charge on any atom is 0.317 e. The smallest absolute Gasteiger partial charge is 0.317 e. The summed E-state index contributed by atoms with van der Waals surface area (Å²) in [5.74, 6) is -0.545. The van der Waals surface area contributed by atoms with Crippen LogP contribution < -0.4 is 4.31 Å². The molecule has 2 aromatic heterocycles. The highest BCUT2D eigenvalue weighted by molar-refractivity contribution is 7.92. The second-order valence-corrected chi connectivity index (χ2v) is 13.7. The topological polar surface area (TPSA) is 124 Å². The minimum atomic E-state index is -3.38. The van der Waals surface area contributed by atoms with E-state index in [-0.39, 0.29) is 24.5 Å². The number of anilines is 1. The summed E-state index contributed by atoms with van der Waals surface area (Å²) >= 11 is 0. The molecule has 1 aliphatic carbocycles. The van der Waals surface area contributed by atoms with Gasteiger partial charge in [-0.3, -0.25) is 13.9 Å². The molecule has 1 saturated heterocycles. The number of ketones is 1. The van der Waals surface area contributed by atoms with Gasteiger partial charge in [0, 0.05) is 31.3 Å². The van der Waals surface area contributed by atoms with Crippen LogP contribution in [0.25, 0.3) is 5.78 Å². The lowest BCUT2D eigenvalue weighted by atomic mass is 9.73. The maximum atomic E-state index is 13.6. The Morgan fingerprint density at radius 2 is 1.85 bits per heavy atom. The first-order valence-electron chi connectivity index (χ1n) is 14.4. The molecule has 11 heteroatoms. The molecule has 0 bridgehead atoms. The number of hydrogen-bond donors (Lipinski definition) is 0. The van der Waals surface area contributed by atoms with Crippen LogP contribution in [0.3, 0.4) is 0 Å². The number of carbonyl (C=O) groups excluding carboxylic acids is 2. The molecule has 3 heterocycles. The Kier molecular flexibility index (Phi) is 7.93. The molecular weight excluding hydrogens is 542 g/mol. The summed E-state index contributed by atoms with van der Waals surface area (Å²) in [6.45, 7) is 5.80. The van der Waals surface area contributed by atoms with Crippen molar-refractivity contribution in [3.8, 4) is 0 Å². The number of aryl methyl sites for hydroxylation is 4. The van der Waals surface area contributed by atoms with Gasteiger partial charge in [-0.2, -0.15) is 4.98 Å². The zero-order chi connectivity index (χ0) is 29.5. The Balaban J connectivity index is 1.35. The average molecular weight is 582 g/mol. The molecule has 0 radical (unpaired) electrons. The number of aromatic nitrogens is 4. The zero-order valence-electron chi connectivity index (χ0n) is 24.5. The van der Waals surface area contributed by atoms with Crippen molar-refractivity contribution in [2.24, 2.45) is 11.8 Å². The quantitative estimate of drug-likeness (QED) is 0.275. The zero-order valence-corrected chi connectivity index (χ0v) is 25.3. The number of ether oxygens (including phenoxy) is 1. The first-order valence-corrected chi connectivity index (χ1v) is 16.3. The summed E-state index contributed by atoms with van der Waals surface area (Å²) in [4.78, 5) is 36.0. The molecule has 2 fully saturated rings. The summed E-state index contributed by atoms with van der Waals surface area (Å²) in [5.41, 5.74) is 3.49. The largest absolute Gasteiger partial charge is 0.458 e. The Hall–Kier alpha value is -3.34. The van der Waals surface area contributed by atoms with E-state index in [9.17, 15) is 18.0 Å². The third kappa shape index (κ3) is 5.86. The predicted octanol–water partition coefficient (Wildman–Crippen LogP) is 3.94. The number of Topliss-reactive ketones (excluding diaryl/α,β-unsaturated/α-hetero) is 1. The van der Waals surface area contributed by atoms with E-state index in [1.165, 1.54) is 10.6 Å². The highest BCUT2D eigenvalue weighted by Crippen LogP contribution is 2.45. The summed E-state index contributed by atoms with van der Waals surface area (Å²) in [6.07, 6.45) is 7.30. The average Bonchev–Trinajstić information content (AvgIpc) is 3.59. The van der Waals surface area contributed by atoms with Gasteiger partial charge in [0.05, 0.1) is 11.9 Å². The summed E-state index contributed by atoms with van der Waals surface area (Å²) in [7, 11) is -1.82. The lowest BCUT2D eigenvalue weighted by molar-refractivity contribution is -0.185. The molecule has 2 atom stereocenters. The van der Waals surface area contributed by atoms with E-state index < -0.39 is 27.5 Å². The van der Waals surface area contributed by atoms with Gasteiger partial charge in [0.1, 0.15) is 11.5 Å². The number of carbonyl (C=O) groups is 2. The van der Waals surface area contributed by atoms with E-state index in [0.29, 0.717) is 36.6 Å². The van der Waals surface area contributed by atoms with Crippen LogP contribution in [0.2, 0.25) is 0 Å². The van der Waals surface area contributed by atoms with E-state index in [2.05, 4.69) is 15.1 Å². The molecule has 2 unspecified atom stereocenters. The fraction of sp³-hybridized carbons (Fsp3) is 0.567. The summed E-state index contributed by atoms with van der Waals surface area (Å²) < 4.78 is 33.5. The second-order valence-electron chi connectivity index (χ2n) is 11.7. The van der Waals surface area contributed by atoms with Crippen molar-refractivity contribution in [2.45, 2.75) is 84.2 Å². The van der Waals surface area contributed by atoms with Gasteiger partial charge in [0.25, 0.3) is 5.78 Å². The molecule has 1 saturated carbocycles. The fourth-order valence-corrected chi connectivity index (χ4v) is 7.01. The maximum absolute atomic E-state index is 13.6. The van der Waals surface area contributed by atoms with Crippen molar-refractivity contribution in [3.05, 3.63) is 52.6 Å². The lowest BCUT2D eigenvalue weighted by Gasteiger charge is -2.43. The number of fused-ring (bicyclic) bond motifs is 1. The number of hydrogen-bond acceptors (Lipinski definition) is 8. The molecule has 1 aliphatic heterocycles. The van der Waals surface area contributed by atoms with Crippen molar-refractivity contribution in [3.63, 3.8) is 0 Å². The van der Waals surface area contributed by atoms with Crippen LogP contribution in [0.1, 0.15) is 73.8 Å². The highest BCUT2D eigenvalue weighted by Gasteiger charge is 2.51. The molecule has 1 aromatic carbocycles. The Morgan fingerprint density at radius 1 is 1.12 bits per heavy atom. The third-order valence-electron chi connectivity index (χ3n) is 8.80. The van der Waals surface area contributed by atoms with E-state index in [1.54, 1.807) is 11.6 Å². The van der Waals surface area contributed by atoms with Gasteiger partial charge in [-0.05, 0) is 75.1 Å². The first-order chi connectivity index (χ1) is 19.4. The van der Waals surface area contributed by atoms with Gasteiger partial charge >= 0.3 is 5.97 Å². The van der Waals surface area contributed by atoms with Crippen molar-refractivity contribution < 1.29 is 22.7 Å². The van der Waals surface area contributed by atoms with Gasteiger partial charge in [0.2, 0.25) is 10.0 Å². The van der Waals surface area contributed by atoms with Gasteiger partial charge in [-0.1, -0.05) is 31.9 Å². The molecule has 0 amide bonds. The minimum Gasteiger partial charge on any atom is -0.458 e. The number of rotatable bonds is 9. The monoisotopic (exact) mass is 581 g/mol. The van der Waals surface area contributed by atoms with Crippen LogP contribution >= 0.6 is 0 Å². The van der Waals surface area contributed by atoms with Crippen molar-refractivity contribution in [1.29, 1.82) is 0 Å². The molecule has 3 aromatic rings. The van der Waals surface area contributed by atoms with Crippen LogP contribution in [0, 0.1) is 25.7 Å². The molecule has 10 nitrogen and oxygen atoms in total. The van der Waals surface area contributed by atoms with Crippen LogP contribution in [0.5, 0.6) is 0 Å². The molecule has 41 heavy (non-hydrogen) atoms. The van der Waals surface area contributed by atoms with E-state index in [0.717, 1.165) is 48.2 Å². The molecule has 2 aliphatic rings. The lowest BCUT2D eigenvalue weighted by Crippen LogP contribution is -2.52. The molecule has 0 spiro atoms.